The number of halogens is 4. The summed E-state index contributed by atoms with van der Waals surface area (Å²) in [5.74, 6) is -0.0719. The smallest absolute Gasteiger partial charge is 0.355 e. The normalized spacial score (nSPS) is 15.6. The average molecular weight is 477 g/mol. The first-order valence-electron chi connectivity index (χ1n) is 11.2. The van der Waals surface area contributed by atoms with Crippen LogP contribution in [0.25, 0.3) is 11.4 Å². The van der Waals surface area contributed by atoms with Crippen LogP contribution in [0.15, 0.2) is 30.5 Å². The molecule has 34 heavy (non-hydrogen) atoms. The lowest BCUT2D eigenvalue weighted by Crippen LogP contribution is -2.44. The molecule has 0 aliphatic carbocycles. The molecule has 3 aromatic rings. The summed E-state index contributed by atoms with van der Waals surface area (Å²) in [6, 6.07) is 5.00. The van der Waals surface area contributed by atoms with Crippen molar-refractivity contribution in [2.24, 2.45) is 7.05 Å². The number of hydrogen-bond donors (Lipinski definition) is 0. The molecule has 0 atom stereocenters. The van der Waals surface area contributed by atoms with Crippen molar-refractivity contribution in [3.8, 4) is 11.4 Å². The fraction of sp³-hybridized carbons (Fsp3) is 0.458. The van der Waals surface area contributed by atoms with Gasteiger partial charge in [-0.1, -0.05) is 6.07 Å². The van der Waals surface area contributed by atoms with Gasteiger partial charge in [0.2, 0.25) is 0 Å². The minimum atomic E-state index is -4.58. The molecule has 182 valence electrons. The van der Waals surface area contributed by atoms with Gasteiger partial charge in [-0.05, 0) is 61.6 Å². The Balaban J connectivity index is 1.44. The summed E-state index contributed by atoms with van der Waals surface area (Å²) < 4.78 is 55.2. The molecule has 1 aliphatic rings. The predicted octanol–water partition coefficient (Wildman–Crippen LogP) is 4.75. The maximum Gasteiger partial charge on any atom is 0.416 e. The third-order valence-corrected chi connectivity index (χ3v) is 6.77. The molecule has 6 nitrogen and oxygen atoms in total. The van der Waals surface area contributed by atoms with E-state index in [2.05, 4.69) is 20.2 Å². The van der Waals surface area contributed by atoms with Crippen molar-refractivity contribution < 1.29 is 17.6 Å². The van der Waals surface area contributed by atoms with E-state index in [1.807, 2.05) is 38.9 Å². The van der Waals surface area contributed by atoms with E-state index in [1.165, 1.54) is 6.07 Å². The highest BCUT2D eigenvalue weighted by Crippen LogP contribution is 2.34. The van der Waals surface area contributed by atoms with Gasteiger partial charge in [0.05, 0.1) is 11.3 Å². The summed E-state index contributed by atoms with van der Waals surface area (Å²) in [7, 11) is 3.85. The number of alkyl halides is 3. The number of anilines is 1. The fourth-order valence-electron chi connectivity index (χ4n) is 4.61. The summed E-state index contributed by atoms with van der Waals surface area (Å²) >= 11 is 0. The highest BCUT2D eigenvalue weighted by atomic mass is 19.4. The Kier molecular flexibility index (Phi) is 6.62. The Morgan fingerprint density at radius 1 is 1.06 bits per heavy atom. The molecule has 1 aliphatic heterocycles. The molecule has 10 heteroatoms. The molecule has 2 aromatic heterocycles. The molecule has 0 saturated carbocycles. The van der Waals surface area contributed by atoms with E-state index < -0.39 is 17.6 Å². The Morgan fingerprint density at radius 2 is 1.76 bits per heavy atom. The number of hydrogen-bond acceptors (Lipinski definition) is 5. The molecular weight excluding hydrogens is 448 g/mol. The van der Waals surface area contributed by atoms with Crippen LogP contribution in [0.3, 0.4) is 0 Å². The zero-order valence-corrected chi connectivity index (χ0v) is 19.7. The number of piperidine rings is 1. The summed E-state index contributed by atoms with van der Waals surface area (Å²) in [6.07, 6.45) is -1.29. The van der Waals surface area contributed by atoms with Crippen molar-refractivity contribution in [1.82, 2.24) is 24.9 Å². The minimum Gasteiger partial charge on any atom is -0.355 e. The molecule has 1 saturated heterocycles. The molecule has 0 spiro atoms. The van der Waals surface area contributed by atoms with Crippen LogP contribution >= 0.6 is 0 Å². The van der Waals surface area contributed by atoms with E-state index in [4.69, 9.17) is 0 Å². The summed E-state index contributed by atoms with van der Waals surface area (Å²) in [5, 5.41) is 13.2. The van der Waals surface area contributed by atoms with Crippen molar-refractivity contribution in [3.05, 3.63) is 58.5 Å². The maximum atomic E-state index is 13.4. The lowest BCUT2D eigenvalue weighted by Gasteiger charge is -2.38. The number of benzene rings is 1. The molecule has 3 heterocycles. The largest absolute Gasteiger partial charge is 0.416 e. The monoisotopic (exact) mass is 476 g/mol. The Bertz CT molecular complexity index is 1160. The van der Waals surface area contributed by atoms with Crippen LogP contribution in [0.5, 0.6) is 0 Å². The Morgan fingerprint density at radius 3 is 2.38 bits per heavy atom. The zero-order chi connectivity index (χ0) is 24.6. The van der Waals surface area contributed by atoms with Gasteiger partial charge >= 0.3 is 6.18 Å². The van der Waals surface area contributed by atoms with Gasteiger partial charge in [0.1, 0.15) is 11.5 Å². The quantitative estimate of drug-likeness (QED) is 0.498. The molecule has 4 rings (SSSR count). The number of nitrogens with zero attached hydrogens (tertiary/aromatic N) is 6. The highest BCUT2D eigenvalue weighted by Gasteiger charge is 2.34. The molecule has 0 unspecified atom stereocenters. The standard InChI is InChI=1S/C24H28F4N6/c1-15-16(2)23(31-30-22(15)21-7-10-29-33(21)4)32(3)19-8-11-34(12-9-19)14-17-5-6-18(25)13-20(17)24(26,27)28/h5-7,10,13,19H,8-9,11-12,14H2,1-4H3. The molecule has 0 N–H and O–H groups in total. The van der Waals surface area contributed by atoms with Crippen LogP contribution in [0.1, 0.15) is 35.1 Å². The van der Waals surface area contributed by atoms with E-state index in [0.717, 1.165) is 47.2 Å². The van der Waals surface area contributed by atoms with Crippen molar-refractivity contribution in [3.63, 3.8) is 0 Å². The van der Waals surface area contributed by atoms with Crippen LogP contribution in [-0.4, -0.2) is 51.1 Å². The lowest BCUT2D eigenvalue weighted by molar-refractivity contribution is -0.138. The Hall–Kier alpha value is -3.01. The minimum absolute atomic E-state index is 0.101. The van der Waals surface area contributed by atoms with Gasteiger partial charge in [0, 0.05) is 46.0 Å². The van der Waals surface area contributed by atoms with Gasteiger partial charge in [0.15, 0.2) is 5.82 Å². The molecule has 1 aromatic carbocycles. The first-order chi connectivity index (χ1) is 16.1. The van der Waals surface area contributed by atoms with E-state index in [1.54, 1.807) is 10.9 Å². The highest BCUT2D eigenvalue weighted by molar-refractivity contribution is 5.64. The third-order valence-electron chi connectivity index (χ3n) is 6.77. The van der Waals surface area contributed by atoms with Crippen LogP contribution < -0.4 is 4.90 Å². The van der Waals surface area contributed by atoms with Crippen LogP contribution in [0.2, 0.25) is 0 Å². The second kappa shape index (κ2) is 9.32. The summed E-state index contributed by atoms with van der Waals surface area (Å²) in [5.41, 5.74) is 2.97. The van der Waals surface area contributed by atoms with Gasteiger partial charge in [-0.15, -0.1) is 10.2 Å². The molecule has 0 radical (unpaired) electrons. The van der Waals surface area contributed by atoms with Gasteiger partial charge in [-0.3, -0.25) is 9.58 Å². The second-order valence-corrected chi connectivity index (χ2v) is 8.88. The van der Waals surface area contributed by atoms with Gasteiger partial charge < -0.3 is 4.90 Å². The van der Waals surface area contributed by atoms with E-state index in [-0.39, 0.29) is 18.2 Å². The van der Waals surface area contributed by atoms with Gasteiger partial charge in [-0.2, -0.15) is 18.3 Å². The van der Waals surface area contributed by atoms with Crippen LogP contribution in [0, 0.1) is 19.7 Å². The average Bonchev–Trinajstić information content (AvgIpc) is 3.22. The topological polar surface area (TPSA) is 50.1 Å². The molecule has 1 fully saturated rings. The molecular formula is C24H28F4N6. The van der Waals surface area contributed by atoms with Crippen LogP contribution in [-0.2, 0) is 19.8 Å². The third kappa shape index (κ3) is 4.77. The second-order valence-electron chi connectivity index (χ2n) is 8.88. The SMILES string of the molecule is Cc1c(-c2ccnn2C)nnc(N(C)C2CCN(Cc3ccc(F)cc3C(F)(F)F)CC2)c1C. The van der Waals surface area contributed by atoms with Crippen molar-refractivity contribution in [1.29, 1.82) is 0 Å². The molecule has 0 amide bonds. The number of rotatable bonds is 5. The Labute approximate surface area is 196 Å². The first kappa shape index (κ1) is 24.1. The number of aromatic nitrogens is 4. The van der Waals surface area contributed by atoms with E-state index >= 15 is 0 Å². The van der Waals surface area contributed by atoms with Gasteiger partial charge in [0.25, 0.3) is 0 Å². The fourth-order valence-corrected chi connectivity index (χ4v) is 4.61. The summed E-state index contributed by atoms with van der Waals surface area (Å²) in [4.78, 5) is 4.11. The van der Waals surface area contributed by atoms with E-state index in [0.29, 0.717) is 19.2 Å². The number of likely N-dealkylation sites (tertiary alicyclic amines) is 1. The van der Waals surface area contributed by atoms with Gasteiger partial charge in [-0.25, -0.2) is 4.39 Å². The maximum absolute atomic E-state index is 13.4. The van der Waals surface area contributed by atoms with Crippen molar-refractivity contribution in [2.45, 2.75) is 45.5 Å². The lowest BCUT2D eigenvalue weighted by atomic mass is 10.00. The van der Waals surface area contributed by atoms with E-state index in [9.17, 15) is 17.6 Å². The molecule has 0 bridgehead atoms. The van der Waals surface area contributed by atoms with Crippen molar-refractivity contribution in [2.75, 3.05) is 25.0 Å². The number of aryl methyl sites for hydroxylation is 1. The summed E-state index contributed by atoms with van der Waals surface area (Å²) in [6.45, 7) is 5.47. The first-order valence-corrected chi connectivity index (χ1v) is 11.2. The van der Waals surface area contributed by atoms with Crippen LogP contribution in [0.4, 0.5) is 23.4 Å². The van der Waals surface area contributed by atoms with Crippen molar-refractivity contribution >= 4 is 5.82 Å². The predicted molar refractivity (Wildman–Crippen MR) is 122 cm³/mol. The zero-order valence-electron chi connectivity index (χ0n) is 19.7.